The van der Waals surface area contributed by atoms with Crippen molar-refractivity contribution < 1.29 is 4.79 Å². The Hall–Kier alpha value is -0.750. The topological polar surface area (TPSA) is 68.9 Å². The maximum atomic E-state index is 11.2. The highest BCUT2D eigenvalue weighted by molar-refractivity contribution is 7.99. The van der Waals surface area contributed by atoms with E-state index in [0.29, 0.717) is 10.6 Å². The lowest BCUT2D eigenvalue weighted by Crippen LogP contribution is -2.14. The summed E-state index contributed by atoms with van der Waals surface area (Å²) >= 11 is 3.16. The number of hydrogen-bond donors (Lipinski definition) is 1. The first kappa shape index (κ1) is 14.3. The Kier molecular flexibility index (Phi) is 6.36. The molecule has 1 aromatic heterocycles. The van der Waals surface area contributed by atoms with Crippen LogP contribution >= 0.6 is 23.5 Å². The molecule has 6 heteroatoms. The Balaban J connectivity index is 2.88. The van der Waals surface area contributed by atoms with Crippen LogP contribution in [0.1, 0.15) is 37.0 Å². The Morgan fingerprint density at radius 3 is 2.53 bits per heavy atom. The number of carbonyl (C=O) groups excluding carboxylic acids is 1. The molecule has 0 aliphatic heterocycles. The van der Waals surface area contributed by atoms with Gasteiger partial charge in [0.05, 0.1) is 5.56 Å². The summed E-state index contributed by atoms with van der Waals surface area (Å²) in [6.45, 7) is 4.20. The van der Waals surface area contributed by atoms with Gasteiger partial charge >= 0.3 is 0 Å². The molecule has 17 heavy (non-hydrogen) atoms. The average molecular weight is 271 g/mol. The van der Waals surface area contributed by atoms with E-state index in [1.165, 1.54) is 6.20 Å². The van der Waals surface area contributed by atoms with E-state index in [0.717, 1.165) is 29.5 Å². The van der Waals surface area contributed by atoms with Crippen molar-refractivity contribution in [3.05, 3.63) is 11.8 Å². The summed E-state index contributed by atoms with van der Waals surface area (Å²) in [4.78, 5) is 19.8. The molecular weight excluding hydrogens is 254 g/mol. The lowest BCUT2D eigenvalue weighted by molar-refractivity contribution is 0.0996. The van der Waals surface area contributed by atoms with Gasteiger partial charge in [-0.2, -0.15) is 0 Å². The highest BCUT2D eigenvalue weighted by Crippen LogP contribution is 2.23. The number of nitrogens with zero attached hydrogens (tertiary/aromatic N) is 2. The quantitative estimate of drug-likeness (QED) is 0.469. The number of amides is 1. The smallest absolute Gasteiger partial charge is 0.253 e. The van der Waals surface area contributed by atoms with E-state index in [1.54, 1.807) is 23.5 Å². The zero-order chi connectivity index (χ0) is 12.7. The predicted octanol–water partition coefficient (Wildman–Crippen LogP) is 2.58. The molecule has 0 aromatic carbocycles. The predicted molar refractivity (Wildman–Crippen MR) is 72.6 cm³/mol. The minimum atomic E-state index is -0.462. The highest BCUT2D eigenvalue weighted by atomic mass is 32.2. The van der Waals surface area contributed by atoms with E-state index < -0.39 is 5.91 Å². The van der Waals surface area contributed by atoms with Gasteiger partial charge in [0.25, 0.3) is 5.91 Å². The largest absolute Gasteiger partial charge is 0.365 e. The van der Waals surface area contributed by atoms with Gasteiger partial charge in [0.1, 0.15) is 5.03 Å². The van der Waals surface area contributed by atoms with Crippen molar-refractivity contribution >= 4 is 29.4 Å². The molecule has 0 bridgehead atoms. The van der Waals surface area contributed by atoms with Crippen LogP contribution in [-0.2, 0) is 0 Å². The van der Waals surface area contributed by atoms with E-state index >= 15 is 0 Å². The van der Waals surface area contributed by atoms with Gasteiger partial charge in [0.15, 0.2) is 5.16 Å². The second kappa shape index (κ2) is 7.55. The van der Waals surface area contributed by atoms with Crippen LogP contribution in [0.15, 0.2) is 16.4 Å². The van der Waals surface area contributed by atoms with Crippen molar-refractivity contribution in [2.75, 3.05) is 11.5 Å². The highest BCUT2D eigenvalue weighted by Gasteiger charge is 2.12. The minimum Gasteiger partial charge on any atom is -0.365 e. The minimum absolute atomic E-state index is 0.421. The number of hydrogen-bond acceptors (Lipinski definition) is 5. The molecule has 0 spiro atoms. The summed E-state index contributed by atoms with van der Waals surface area (Å²) < 4.78 is 0. The van der Waals surface area contributed by atoms with Gasteiger partial charge in [0.2, 0.25) is 0 Å². The molecule has 0 aliphatic carbocycles. The second-order valence-electron chi connectivity index (χ2n) is 3.43. The molecule has 0 atom stereocenters. The van der Waals surface area contributed by atoms with Crippen LogP contribution in [0.25, 0.3) is 0 Å². The van der Waals surface area contributed by atoms with Crippen LogP contribution in [0.2, 0.25) is 0 Å². The number of primary amides is 1. The number of carbonyl (C=O) groups is 1. The maximum Gasteiger partial charge on any atom is 0.253 e. The second-order valence-corrected chi connectivity index (χ2v) is 5.58. The first-order valence-electron chi connectivity index (χ1n) is 5.61. The molecule has 1 aromatic rings. The summed E-state index contributed by atoms with van der Waals surface area (Å²) in [7, 11) is 0. The van der Waals surface area contributed by atoms with Crippen molar-refractivity contribution in [3.8, 4) is 0 Å². The third kappa shape index (κ3) is 4.55. The normalized spacial score (nSPS) is 10.5. The Bertz CT molecular complexity index is 385. The van der Waals surface area contributed by atoms with Crippen molar-refractivity contribution in [2.24, 2.45) is 5.73 Å². The van der Waals surface area contributed by atoms with E-state index in [9.17, 15) is 4.79 Å². The fraction of sp³-hybridized carbons (Fsp3) is 0.545. The molecule has 4 nitrogen and oxygen atoms in total. The summed E-state index contributed by atoms with van der Waals surface area (Å²) in [5.74, 6) is 1.44. The molecule has 0 fully saturated rings. The lowest BCUT2D eigenvalue weighted by Gasteiger charge is -2.06. The zero-order valence-corrected chi connectivity index (χ0v) is 11.7. The third-order valence-electron chi connectivity index (χ3n) is 1.88. The monoisotopic (exact) mass is 271 g/mol. The van der Waals surface area contributed by atoms with Crippen molar-refractivity contribution in [1.82, 2.24) is 9.97 Å². The molecule has 1 heterocycles. The molecule has 94 valence electrons. The van der Waals surface area contributed by atoms with E-state index in [-0.39, 0.29) is 0 Å². The van der Waals surface area contributed by atoms with Gasteiger partial charge in [-0.05, 0) is 18.6 Å². The molecule has 0 radical (unpaired) electrons. The van der Waals surface area contributed by atoms with E-state index in [2.05, 4.69) is 23.8 Å². The molecule has 0 saturated carbocycles. The van der Waals surface area contributed by atoms with Crippen LogP contribution in [-0.4, -0.2) is 27.4 Å². The summed E-state index contributed by atoms with van der Waals surface area (Å²) in [5, 5.41) is 1.42. The van der Waals surface area contributed by atoms with Crippen LogP contribution in [0, 0.1) is 0 Å². The van der Waals surface area contributed by atoms with Crippen molar-refractivity contribution in [3.63, 3.8) is 0 Å². The first-order chi connectivity index (χ1) is 8.19. The van der Waals surface area contributed by atoms with Crippen LogP contribution < -0.4 is 5.73 Å². The Morgan fingerprint density at radius 1 is 1.29 bits per heavy atom. The van der Waals surface area contributed by atoms with Gasteiger partial charge in [0, 0.05) is 11.9 Å². The number of nitrogens with two attached hydrogens (primary N) is 1. The van der Waals surface area contributed by atoms with Gasteiger partial charge in [-0.1, -0.05) is 25.6 Å². The third-order valence-corrected chi connectivity index (χ3v) is 4.14. The molecule has 1 amide bonds. The lowest BCUT2D eigenvalue weighted by atomic mass is 10.3. The molecule has 0 unspecified atom stereocenters. The first-order valence-corrected chi connectivity index (χ1v) is 7.58. The molecule has 0 saturated heterocycles. The Labute approximate surface area is 110 Å². The number of aromatic nitrogens is 2. The molecule has 2 N–H and O–H groups in total. The van der Waals surface area contributed by atoms with Crippen molar-refractivity contribution in [1.29, 1.82) is 0 Å². The zero-order valence-electron chi connectivity index (χ0n) is 10.1. The standard InChI is InChI=1S/C11H17N3OS2/c1-3-5-16-10-8(9(12)15)7-13-11(14-10)17-6-4-2/h7H,3-6H2,1-2H3,(H2,12,15). The molecule has 0 aliphatic rings. The summed E-state index contributed by atoms with van der Waals surface area (Å²) in [6, 6.07) is 0. The van der Waals surface area contributed by atoms with Crippen LogP contribution in [0.3, 0.4) is 0 Å². The fourth-order valence-electron chi connectivity index (χ4n) is 1.09. The van der Waals surface area contributed by atoms with Gasteiger partial charge < -0.3 is 5.73 Å². The maximum absolute atomic E-state index is 11.2. The SMILES string of the molecule is CCCSc1ncc(C(N)=O)c(SCCC)n1. The van der Waals surface area contributed by atoms with Gasteiger partial charge in [-0.25, -0.2) is 9.97 Å². The van der Waals surface area contributed by atoms with Crippen LogP contribution in [0.5, 0.6) is 0 Å². The molecular formula is C11H17N3OS2. The number of thioether (sulfide) groups is 2. The van der Waals surface area contributed by atoms with Crippen molar-refractivity contribution in [2.45, 2.75) is 36.9 Å². The average Bonchev–Trinajstić information content (AvgIpc) is 2.33. The Morgan fingerprint density at radius 2 is 1.94 bits per heavy atom. The van der Waals surface area contributed by atoms with Gasteiger partial charge in [-0.15, -0.1) is 11.8 Å². The molecule has 1 rings (SSSR count). The fourth-order valence-corrected chi connectivity index (χ4v) is 2.68. The van der Waals surface area contributed by atoms with Gasteiger partial charge in [-0.3, -0.25) is 4.79 Å². The summed E-state index contributed by atoms with van der Waals surface area (Å²) in [6.07, 6.45) is 3.64. The number of rotatable bonds is 7. The van der Waals surface area contributed by atoms with Crippen LogP contribution in [0.4, 0.5) is 0 Å². The summed E-state index contributed by atoms with van der Waals surface area (Å²) in [5.41, 5.74) is 5.72. The van der Waals surface area contributed by atoms with E-state index in [1.807, 2.05) is 0 Å². The van der Waals surface area contributed by atoms with E-state index in [4.69, 9.17) is 5.73 Å².